The number of nitrogens with two attached hydrogens (primary N) is 1. The van der Waals surface area contributed by atoms with Gasteiger partial charge in [0, 0.05) is 49.9 Å². The largest absolute Gasteiger partial charge is 0.384 e. The highest BCUT2D eigenvalue weighted by Crippen LogP contribution is 2.38. The number of hydrogen-bond donors (Lipinski definition) is 1. The summed E-state index contributed by atoms with van der Waals surface area (Å²) in [5.41, 5.74) is 7.38. The molecular weight excluding hydrogens is 390 g/mol. The van der Waals surface area contributed by atoms with Crippen LogP contribution in [-0.4, -0.2) is 34.9 Å². The fourth-order valence-corrected chi connectivity index (χ4v) is 3.56. The Morgan fingerprint density at radius 2 is 2.11 bits per heavy atom. The van der Waals surface area contributed by atoms with Crippen molar-refractivity contribution in [2.45, 2.75) is 18.4 Å². The lowest BCUT2D eigenvalue weighted by Gasteiger charge is -2.26. The number of hydrogen-bond acceptors (Lipinski definition) is 5. The van der Waals surface area contributed by atoms with Gasteiger partial charge in [0.1, 0.15) is 11.4 Å². The molecule has 3 aromatic rings. The number of rotatable bonds is 4. The highest BCUT2D eigenvalue weighted by Gasteiger charge is 2.39. The molecule has 4 rings (SSSR count). The summed E-state index contributed by atoms with van der Waals surface area (Å²) < 4.78 is 40.2. The molecule has 0 radical (unpaired) electrons. The Kier molecular flexibility index (Phi) is 5.56. The summed E-state index contributed by atoms with van der Waals surface area (Å²) in [7, 11) is 3.42. The smallest absolute Gasteiger partial charge is 0.263 e. The number of ether oxygens (including phenoxy) is 2. The molecule has 150 valence electrons. The highest BCUT2D eigenvalue weighted by molar-refractivity contribution is 5.96. The summed E-state index contributed by atoms with van der Waals surface area (Å²) in [5, 5.41) is 0.809. The predicted octanol–water partition coefficient (Wildman–Crippen LogP) is 3.84. The van der Waals surface area contributed by atoms with E-state index in [4.69, 9.17) is 20.2 Å². The standard InChI is InChI=1S/C19H20F2N4O2.ClH/c1-25-9-13(12-7-17(22)23-8-15(12)25)14-5-11(18(20)21)6-16(24-14)19(26-2)3-4-27-10-19;/h5-9,18H,3-4,10H2,1-2H3,(H2,22,23);1H/t19-;/m0./s1. The molecule has 1 saturated heterocycles. The summed E-state index contributed by atoms with van der Waals surface area (Å²) in [4.78, 5) is 8.80. The lowest BCUT2D eigenvalue weighted by Crippen LogP contribution is -2.30. The van der Waals surface area contributed by atoms with Gasteiger partial charge in [0.15, 0.2) is 0 Å². The van der Waals surface area contributed by atoms with E-state index in [1.807, 2.05) is 17.8 Å². The maximum atomic E-state index is 13.6. The number of halogens is 3. The van der Waals surface area contributed by atoms with Crippen LogP contribution in [0.3, 0.4) is 0 Å². The van der Waals surface area contributed by atoms with Crippen LogP contribution in [-0.2, 0) is 22.1 Å². The molecule has 0 bridgehead atoms. The van der Waals surface area contributed by atoms with E-state index in [2.05, 4.69) is 4.98 Å². The van der Waals surface area contributed by atoms with E-state index in [1.54, 1.807) is 19.4 Å². The van der Waals surface area contributed by atoms with Crippen molar-refractivity contribution in [1.82, 2.24) is 14.5 Å². The summed E-state index contributed by atoms with van der Waals surface area (Å²) in [5.74, 6) is 0.359. The Morgan fingerprint density at radius 1 is 1.32 bits per heavy atom. The van der Waals surface area contributed by atoms with Gasteiger partial charge >= 0.3 is 0 Å². The number of alkyl halides is 2. The monoisotopic (exact) mass is 410 g/mol. The van der Waals surface area contributed by atoms with Crippen LogP contribution in [0.5, 0.6) is 0 Å². The Balaban J connectivity index is 0.00000225. The van der Waals surface area contributed by atoms with Crippen LogP contribution in [0.4, 0.5) is 14.6 Å². The molecule has 1 aliphatic heterocycles. The van der Waals surface area contributed by atoms with Crippen molar-refractivity contribution >= 4 is 29.1 Å². The van der Waals surface area contributed by atoms with E-state index < -0.39 is 12.0 Å². The third kappa shape index (κ3) is 3.32. The molecule has 0 aliphatic carbocycles. The van der Waals surface area contributed by atoms with Gasteiger partial charge < -0.3 is 19.8 Å². The molecule has 1 atom stereocenters. The minimum Gasteiger partial charge on any atom is -0.384 e. The van der Waals surface area contributed by atoms with Gasteiger partial charge in [0.05, 0.1) is 29.7 Å². The minimum absolute atomic E-state index is 0. The van der Waals surface area contributed by atoms with Crippen molar-refractivity contribution in [3.63, 3.8) is 0 Å². The Labute approximate surface area is 167 Å². The van der Waals surface area contributed by atoms with Crippen LogP contribution in [0.25, 0.3) is 22.2 Å². The van der Waals surface area contributed by atoms with E-state index in [0.29, 0.717) is 30.2 Å². The average Bonchev–Trinajstić information content (AvgIpc) is 3.27. The van der Waals surface area contributed by atoms with Gasteiger partial charge in [-0.25, -0.2) is 18.7 Å². The minimum atomic E-state index is -2.62. The average molecular weight is 411 g/mol. The molecule has 0 spiro atoms. The molecule has 0 aromatic carbocycles. The number of aryl methyl sites for hydroxylation is 1. The zero-order chi connectivity index (χ0) is 19.2. The fourth-order valence-electron chi connectivity index (χ4n) is 3.56. The number of fused-ring (bicyclic) bond motifs is 1. The molecule has 3 aromatic heterocycles. The van der Waals surface area contributed by atoms with Gasteiger partial charge in [-0.15, -0.1) is 12.4 Å². The SMILES string of the molecule is CO[C@@]1(c2cc(C(F)F)cc(-c3cn(C)c4cnc(N)cc34)n2)CCOC1.Cl. The Bertz CT molecular complexity index is 1000. The van der Waals surface area contributed by atoms with Gasteiger partial charge in [-0.05, 0) is 18.2 Å². The van der Waals surface area contributed by atoms with Crippen LogP contribution >= 0.6 is 12.4 Å². The van der Waals surface area contributed by atoms with Gasteiger partial charge in [-0.1, -0.05) is 0 Å². The normalized spacial score (nSPS) is 19.3. The molecule has 6 nitrogen and oxygen atoms in total. The third-order valence-corrected chi connectivity index (χ3v) is 5.12. The first-order valence-electron chi connectivity index (χ1n) is 8.58. The van der Waals surface area contributed by atoms with E-state index in [1.165, 1.54) is 12.1 Å². The molecular formula is C19H21ClF2N4O2. The number of pyridine rings is 2. The van der Waals surface area contributed by atoms with Crippen molar-refractivity contribution in [3.05, 3.63) is 41.9 Å². The molecule has 9 heteroatoms. The molecule has 0 unspecified atom stereocenters. The van der Waals surface area contributed by atoms with Gasteiger partial charge in [0.25, 0.3) is 6.43 Å². The fraction of sp³-hybridized carbons (Fsp3) is 0.368. The number of aromatic nitrogens is 3. The zero-order valence-corrected chi connectivity index (χ0v) is 16.3. The molecule has 1 aliphatic rings. The van der Waals surface area contributed by atoms with E-state index in [9.17, 15) is 8.78 Å². The summed E-state index contributed by atoms with van der Waals surface area (Å²) in [6.45, 7) is 0.787. The highest BCUT2D eigenvalue weighted by atomic mass is 35.5. The van der Waals surface area contributed by atoms with Crippen LogP contribution in [0, 0.1) is 0 Å². The molecule has 28 heavy (non-hydrogen) atoms. The summed E-state index contributed by atoms with van der Waals surface area (Å²) in [6, 6.07) is 4.55. The second kappa shape index (κ2) is 7.62. The first-order valence-corrected chi connectivity index (χ1v) is 8.58. The second-order valence-corrected chi connectivity index (χ2v) is 6.75. The molecule has 0 amide bonds. The van der Waals surface area contributed by atoms with Crippen molar-refractivity contribution in [2.75, 3.05) is 26.1 Å². The van der Waals surface area contributed by atoms with E-state index >= 15 is 0 Å². The van der Waals surface area contributed by atoms with E-state index in [-0.39, 0.29) is 24.6 Å². The number of nitrogens with zero attached hydrogens (tertiary/aromatic N) is 3. The zero-order valence-electron chi connectivity index (χ0n) is 15.5. The number of anilines is 1. The first-order chi connectivity index (χ1) is 12.9. The maximum Gasteiger partial charge on any atom is 0.263 e. The van der Waals surface area contributed by atoms with Crippen molar-refractivity contribution in [1.29, 1.82) is 0 Å². The molecule has 2 N–H and O–H groups in total. The van der Waals surface area contributed by atoms with Crippen LogP contribution in [0.2, 0.25) is 0 Å². The first kappa shape index (κ1) is 20.4. The maximum absolute atomic E-state index is 13.6. The van der Waals surface area contributed by atoms with Crippen LogP contribution in [0.1, 0.15) is 24.1 Å². The summed E-state index contributed by atoms with van der Waals surface area (Å²) >= 11 is 0. The molecule has 0 saturated carbocycles. The molecule has 1 fully saturated rings. The van der Waals surface area contributed by atoms with Crippen molar-refractivity contribution < 1.29 is 18.3 Å². The van der Waals surface area contributed by atoms with Gasteiger partial charge in [0.2, 0.25) is 0 Å². The van der Waals surface area contributed by atoms with Gasteiger partial charge in [-0.2, -0.15) is 0 Å². The quantitative estimate of drug-likeness (QED) is 0.707. The van der Waals surface area contributed by atoms with Crippen LogP contribution in [0.15, 0.2) is 30.6 Å². The van der Waals surface area contributed by atoms with E-state index in [0.717, 1.165) is 16.5 Å². The lowest BCUT2D eigenvalue weighted by molar-refractivity contribution is -0.0247. The van der Waals surface area contributed by atoms with Crippen LogP contribution < -0.4 is 5.73 Å². The topological polar surface area (TPSA) is 75.2 Å². The summed E-state index contributed by atoms with van der Waals surface area (Å²) in [6.07, 6.45) is 1.45. The van der Waals surface area contributed by atoms with Crippen molar-refractivity contribution in [3.8, 4) is 11.3 Å². The predicted molar refractivity (Wildman–Crippen MR) is 105 cm³/mol. The lowest BCUT2D eigenvalue weighted by atomic mass is 9.95. The molecule has 4 heterocycles. The number of nitrogen functional groups attached to an aromatic ring is 1. The van der Waals surface area contributed by atoms with Crippen molar-refractivity contribution in [2.24, 2.45) is 7.05 Å². The second-order valence-electron chi connectivity index (χ2n) is 6.75. The third-order valence-electron chi connectivity index (χ3n) is 5.12. The Morgan fingerprint density at radius 3 is 2.75 bits per heavy atom. The number of methoxy groups -OCH3 is 1. The Hall–Kier alpha value is -2.29. The van der Waals surface area contributed by atoms with Gasteiger partial charge in [-0.3, -0.25) is 0 Å².